The van der Waals surface area contributed by atoms with E-state index in [0.717, 1.165) is 37.3 Å². The first kappa shape index (κ1) is 19.7. The van der Waals surface area contributed by atoms with E-state index < -0.39 is 9.84 Å². The Bertz CT molecular complexity index is 1330. The van der Waals surface area contributed by atoms with Crippen molar-refractivity contribution in [3.63, 3.8) is 0 Å². The highest BCUT2D eigenvalue weighted by Crippen LogP contribution is 2.31. The van der Waals surface area contributed by atoms with Crippen molar-refractivity contribution in [3.05, 3.63) is 83.7 Å². The molecule has 4 aromatic rings. The van der Waals surface area contributed by atoms with Gasteiger partial charge >= 0.3 is 0 Å². The number of sulfone groups is 1. The minimum absolute atomic E-state index is 0.121. The Morgan fingerprint density at radius 3 is 2.45 bits per heavy atom. The molecule has 0 atom stereocenters. The van der Waals surface area contributed by atoms with Crippen LogP contribution in [0.15, 0.2) is 76.7 Å². The van der Waals surface area contributed by atoms with Gasteiger partial charge in [0.2, 0.25) is 9.84 Å². The zero-order chi connectivity index (χ0) is 21.4. The van der Waals surface area contributed by atoms with Gasteiger partial charge in [0.1, 0.15) is 0 Å². The zero-order valence-electron chi connectivity index (χ0n) is 17.2. The van der Waals surface area contributed by atoms with Gasteiger partial charge in [0.15, 0.2) is 16.4 Å². The molecule has 0 fully saturated rings. The highest BCUT2D eigenvalue weighted by Gasteiger charge is 2.30. The maximum absolute atomic E-state index is 13.4. The van der Waals surface area contributed by atoms with Crippen molar-refractivity contribution in [2.75, 3.05) is 18.9 Å². The summed E-state index contributed by atoms with van der Waals surface area (Å²) in [6, 6.07) is 18.8. The van der Waals surface area contributed by atoms with Gasteiger partial charge in [-0.25, -0.2) is 17.9 Å². The fourth-order valence-corrected chi connectivity index (χ4v) is 5.59. The fourth-order valence-electron chi connectivity index (χ4n) is 4.06. The van der Waals surface area contributed by atoms with Crippen LogP contribution in [0.25, 0.3) is 5.65 Å². The molecule has 0 bridgehead atoms. The summed E-state index contributed by atoms with van der Waals surface area (Å²) in [5.74, 6) is 0.305. The number of nitrogens with zero attached hydrogens (tertiary/aromatic N) is 4. The number of anilines is 1. The minimum atomic E-state index is -3.76. The van der Waals surface area contributed by atoms with Crippen LogP contribution >= 0.6 is 0 Å². The van der Waals surface area contributed by atoms with Gasteiger partial charge in [-0.1, -0.05) is 48.5 Å². The van der Waals surface area contributed by atoms with Crippen LogP contribution in [0.2, 0.25) is 0 Å². The summed E-state index contributed by atoms with van der Waals surface area (Å²) in [6.45, 7) is 2.49. The molecule has 0 saturated heterocycles. The first-order valence-corrected chi connectivity index (χ1v) is 11.7. The molecule has 0 spiro atoms. The van der Waals surface area contributed by atoms with Crippen molar-refractivity contribution in [2.24, 2.45) is 0 Å². The number of hydrogen-bond acceptors (Lipinski definition) is 6. The third kappa shape index (κ3) is 3.58. The highest BCUT2D eigenvalue weighted by atomic mass is 32.2. The van der Waals surface area contributed by atoms with E-state index in [9.17, 15) is 8.42 Å². The molecule has 0 radical (unpaired) electrons. The van der Waals surface area contributed by atoms with E-state index in [1.807, 2.05) is 12.3 Å². The Hall–Kier alpha value is -3.23. The Labute approximate surface area is 181 Å². The molecule has 5 rings (SSSR count). The van der Waals surface area contributed by atoms with E-state index in [4.69, 9.17) is 4.98 Å². The maximum Gasteiger partial charge on any atom is 0.214 e. The summed E-state index contributed by atoms with van der Waals surface area (Å²) in [6.07, 6.45) is 2.68. The molecule has 0 saturated carbocycles. The first-order chi connectivity index (χ1) is 15.1. The van der Waals surface area contributed by atoms with Crippen LogP contribution in [0.3, 0.4) is 0 Å². The van der Waals surface area contributed by atoms with Crippen molar-refractivity contribution in [2.45, 2.75) is 29.3 Å². The average molecular weight is 434 g/mol. The third-order valence-corrected chi connectivity index (χ3v) is 7.41. The summed E-state index contributed by atoms with van der Waals surface area (Å²) in [4.78, 5) is 7.50. The Morgan fingerprint density at radius 1 is 1.03 bits per heavy atom. The molecule has 2 aromatic carbocycles. The van der Waals surface area contributed by atoms with Gasteiger partial charge < -0.3 is 5.32 Å². The summed E-state index contributed by atoms with van der Waals surface area (Å²) < 4.78 is 28.3. The van der Waals surface area contributed by atoms with Crippen LogP contribution < -0.4 is 5.32 Å². The lowest BCUT2D eigenvalue weighted by molar-refractivity contribution is 0.243. The van der Waals surface area contributed by atoms with Crippen molar-refractivity contribution < 1.29 is 8.42 Å². The molecule has 1 N–H and O–H groups in total. The number of hydrogen-bond donors (Lipinski definition) is 1. The van der Waals surface area contributed by atoms with E-state index in [2.05, 4.69) is 39.6 Å². The molecule has 0 amide bonds. The minimum Gasteiger partial charge on any atom is -0.370 e. The molecule has 3 heterocycles. The smallest absolute Gasteiger partial charge is 0.214 e. The molecule has 1 aliphatic heterocycles. The second kappa shape index (κ2) is 7.79. The van der Waals surface area contributed by atoms with E-state index in [1.54, 1.807) is 41.9 Å². The molecule has 1 aliphatic rings. The zero-order valence-corrected chi connectivity index (χ0v) is 18.0. The Kier molecular flexibility index (Phi) is 4.95. The van der Waals surface area contributed by atoms with Gasteiger partial charge in [-0.2, -0.15) is 0 Å². The predicted octanol–water partition coefficient (Wildman–Crippen LogP) is 3.16. The quantitative estimate of drug-likeness (QED) is 0.521. The normalized spacial score (nSPS) is 14.5. The van der Waals surface area contributed by atoms with Crippen molar-refractivity contribution in [3.8, 4) is 0 Å². The number of fused-ring (bicyclic) bond motifs is 2. The number of aromatic nitrogens is 3. The highest BCUT2D eigenvalue weighted by molar-refractivity contribution is 7.91. The average Bonchev–Trinajstić information content (AvgIpc) is 3.17. The molecule has 158 valence electrons. The Morgan fingerprint density at radius 2 is 1.74 bits per heavy atom. The summed E-state index contributed by atoms with van der Waals surface area (Å²) in [7, 11) is -2.09. The third-order valence-electron chi connectivity index (χ3n) is 5.60. The molecular formula is C23H23N5O2S. The molecule has 8 heteroatoms. The lowest BCUT2D eigenvalue weighted by Crippen LogP contribution is -2.31. The van der Waals surface area contributed by atoms with Crippen LogP contribution in [0.5, 0.6) is 0 Å². The maximum atomic E-state index is 13.4. The van der Waals surface area contributed by atoms with Gasteiger partial charge in [-0.3, -0.25) is 4.90 Å². The number of nitrogens with one attached hydrogen (secondary N) is 1. The summed E-state index contributed by atoms with van der Waals surface area (Å²) >= 11 is 0. The van der Waals surface area contributed by atoms with E-state index in [-0.39, 0.29) is 9.79 Å². The topological polar surface area (TPSA) is 79.6 Å². The lowest BCUT2D eigenvalue weighted by Gasteiger charge is -2.28. The second-order valence-corrected chi connectivity index (χ2v) is 9.56. The van der Waals surface area contributed by atoms with E-state index >= 15 is 0 Å². The van der Waals surface area contributed by atoms with Crippen LogP contribution in [-0.4, -0.2) is 41.5 Å². The monoisotopic (exact) mass is 433 g/mol. The molecule has 0 aliphatic carbocycles. The largest absolute Gasteiger partial charge is 0.370 e. The molecule has 0 unspecified atom stereocenters. The van der Waals surface area contributed by atoms with Crippen LogP contribution in [0, 0.1) is 0 Å². The van der Waals surface area contributed by atoms with Gasteiger partial charge in [-0.05, 0) is 17.7 Å². The van der Waals surface area contributed by atoms with E-state index in [1.165, 1.54) is 5.56 Å². The SMILES string of the molecule is CNc1nn2cc3c(nc2c1S(=O)(=O)c1ccccc1)CCN(Cc1ccccc1)C3. The summed E-state index contributed by atoms with van der Waals surface area (Å²) in [5.41, 5.74) is 3.64. The van der Waals surface area contributed by atoms with E-state index in [0.29, 0.717) is 11.5 Å². The van der Waals surface area contributed by atoms with Crippen molar-refractivity contribution in [1.82, 2.24) is 19.5 Å². The molecule has 31 heavy (non-hydrogen) atoms. The lowest BCUT2D eigenvalue weighted by atomic mass is 10.1. The van der Waals surface area contributed by atoms with Crippen molar-refractivity contribution in [1.29, 1.82) is 0 Å². The molecule has 2 aromatic heterocycles. The standard InChI is InChI=1S/C23H23N5O2S/c1-24-22-21(31(29,30)19-10-6-3-7-11-19)23-25-20-12-13-27(14-17-8-4-2-5-9-17)15-18(20)16-28(23)26-22/h2-11,16H,12-15H2,1H3,(H,24,26). The second-order valence-electron chi connectivity index (χ2n) is 7.67. The van der Waals surface area contributed by atoms with Crippen molar-refractivity contribution >= 4 is 21.3 Å². The molecule has 7 nitrogen and oxygen atoms in total. The van der Waals surface area contributed by atoms with Crippen LogP contribution in [0.1, 0.15) is 16.8 Å². The Balaban J connectivity index is 1.54. The molecular weight excluding hydrogens is 410 g/mol. The van der Waals surface area contributed by atoms with Gasteiger partial charge in [-0.15, -0.1) is 5.10 Å². The fraction of sp³-hybridized carbons (Fsp3) is 0.217. The van der Waals surface area contributed by atoms with Gasteiger partial charge in [0.05, 0.1) is 10.6 Å². The number of benzene rings is 2. The predicted molar refractivity (Wildman–Crippen MR) is 119 cm³/mol. The van der Waals surface area contributed by atoms with Crippen LogP contribution in [-0.2, 0) is 29.3 Å². The number of rotatable bonds is 5. The van der Waals surface area contributed by atoms with Crippen LogP contribution in [0.4, 0.5) is 5.82 Å². The van der Waals surface area contributed by atoms with Gasteiger partial charge in [0.25, 0.3) is 0 Å². The first-order valence-electron chi connectivity index (χ1n) is 10.2. The van der Waals surface area contributed by atoms with Gasteiger partial charge in [0, 0.05) is 44.9 Å². The summed E-state index contributed by atoms with van der Waals surface area (Å²) in [5, 5.41) is 7.42.